The number of carbonyl (C=O) groups excluding carboxylic acids is 1. The van der Waals surface area contributed by atoms with Gasteiger partial charge in [0.1, 0.15) is 11.4 Å². The van der Waals surface area contributed by atoms with E-state index in [1.54, 1.807) is 7.11 Å². The van der Waals surface area contributed by atoms with Gasteiger partial charge in [0.05, 0.1) is 32.4 Å². The van der Waals surface area contributed by atoms with Gasteiger partial charge in [-0.2, -0.15) is 0 Å². The summed E-state index contributed by atoms with van der Waals surface area (Å²) in [5.74, 6) is 0.888. The number of morpholine rings is 1. The number of nitrogens with zero attached hydrogens (tertiary/aromatic N) is 1. The van der Waals surface area contributed by atoms with E-state index >= 15 is 0 Å². The molecule has 0 aromatic heterocycles. The van der Waals surface area contributed by atoms with Gasteiger partial charge >= 0.3 is 6.09 Å². The molecule has 0 spiro atoms. The van der Waals surface area contributed by atoms with E-state index in [-0.39, 0.29) is 18.2 Å². The van der Waals surface area contributed by atoms with Gasteiger partial charge in [0.25, 0.3) is 0 Å². The number of methoxy groups -OCH3 is 1. The second kappa shape index (κ2) is 6.71. The molecule has 1 saturated heterocycles. The maximum atomic E-state index is 12.6. The SMILES string of the molecule is COc1ccc(C2=CC3COCC(C2)N3C(=O)OC(C)(C)C)cc1C. The number of carbonyl (C=O) groups is 1. The number of hydrogen-bond donors (Lipinski definition) is 0. The molecule has 3 rings (SSSR count). The first-order valence-corrected chi connectivity index (χ1v) is 8.73. The highest BCUT2D eigenvalue weighted by atomic mass is 16.6. The lowest BCUT2D eigenvalue weighted by Gasteiger charge is -2.44. The van der Waals surface area contributed by atoms with Crippen LogP contribution in [0.25, 0.3) is 5.57 Å². The number of benzene rings is 1. The molecular formula is C20H27NO4. The Morgan fingerprint density at radius 1 is 1.28 bits per heavy atom. The molecule has 5 nitrogen and oxygen atoms in total. The first-order valence-electron chi connectivity index (χ1n) is 8.73. The van der Waals surface area contributed by atoms with Crippen molar-refractivity contribution in [1.82, 2.24) is 4.90 Å². The number of ether oxygens (including phenoxy) is 3. The quantitative estimate of drug-likeness (QED) is 0.818. The van der Waals surface area contributed by atoms with Crippen LogP contribution in [0, 0.1) is 6.92 Å². The molecule has 2 unspecified atom stereocenters. The Labute approximate surface area is 149 Å². The molecule has 0 saturated carbocycles. The minimum atomic E-state index is -0.497. The summed E-state index contributed by atoms with van der Waals surface area (Å²) < 4.78 is 16.6. The Bertz CT molecular complexity index is 689. The Balaban J connectivity index is 1.86. The van der Waals surface area contributed by atoms with Crippen molar-refractivity contribution in [3.8, 4) is 5.75 Å². The molecule has 2 bridgehead atoms. The van der Waals surface area contributed by atoms with E-state index in [4.69, 9.17) is 14.2 Å². The van der Waals surface area contributed by atoms with Crippen molar-refractivity contribution in [2.24, 2.45) is 0 Å². The predicted octanol–water partition coefficient (Wildman–Crippen LogP) is 3.80. The van der Waals surface area contributed by atoms with Gasteiger partial charge in [-0.25, -0.2) is 4.79 Å². The highest BCUT2D eigenvalue weighted by molar-refractivity contribution is 5.75. The van der Waals surface area contributed by atoms with E-state index < -0.39 is 5.60 Å². The minimum Gasteiger partial charge on any atom is -0.496 e. The molecule has 2 aliphatic heterocycles. The lowest BCUT2D eigenvalue weighted by atomic mass is 9.89. The molecular weight excluding hydrogens is 318 g/mol. The molecule has 2 aliphatic rings. The van der Waals surface area contributed by atoms with Gasteiger partial charge in [-0.05, 0) is 62.9 Å². The van der Waals surface area contributed by atoms with Gasteiger partial charge in [0, 0.05) is 0 Å². The van der Waals surface area contributed by atoms with Crippen LogP contribution in [-0.4, -0.2) is 49.0 Å². The van der Waals surface area contributed by atoms with Crippen LogP contribution in [0.3, 0.4) is 0 Å². The Hall–Kier alpha value is -2.01. The Morgan fingerprint density at radius 3 is 2.64 bits per heavy atom. The molecule has 5 heteroatoms. The van der Waals surface area contributed by atoms with Crippen LogP contribution >= 0.6 is 0 Å². The first-order chi connectivity index (χ1) is 11.8. The van der Waals surface area contributed by atoms with Crippen LogP contribution in [0.4, 0.5) is 4.79 Å². The summed E-state index contributed by atoms with van der Waals surface area (Å²) in [5.41, 5.74) is 3.04. The third kappa shape index (κ3) is 3.82. The van der Waals surface area contributed by atoms with Gasteiger partial charge < -0.3 is 14.2 Å². The minimum absolute atomic E-state index is 0.0102. The Kier molecular flexibility index (Phi) is 4.78. The summed E-state index contributed by atoms with van der Waals surface area (Å²) in [5, 5.41) is 0. The van der Waals surface area contributed by atoms with E-state index in [9.17, 15) is 4.79 Å². The first kappa shape index (κ1) is 17.8. The third-order valence-corrected chi connectivity index (χ3v) is 4.57. The summed E-state index contributed by atoms with van der Waals surface area (Å²) in [7, 11) is 1.68. The summed E-state index contributed by atoms with van der Waals surface area (Å²) >= 11 is 0. The molecule has 136 valence electrons. The lowest BCUT2D eigenvalue weighted by Crippen LogP contribution is -2.57. The zero-order chi connectivity index (χ0) is 18.2. The van der Waals surface area contributed by atoms with Gasteiger partial charge in [-0.15, -0.1) is 0 Å². The predicted molar refractivity (Wildman–Crippen MR) is 96.8 cm³/mol. The highest BCUT2D eigenvalue weighted by Crippen LogP contribution is 2.34. The number of amides is 1. The maximum Gasteiger partial charge on any atom is 0.411 e. The average Bonchev–Trinajstić information content (AvgIpc) is 2.51. The zero-order valence-electron chi connectivity index (χ0n) is 15.7. The summed E-state index contributed by atoms with van der Waals surface area (Å²) in [4.78, 5) is 14.5. The summed E-state index contributed by atoms with van der Waals surface area (Å²) in [6.45, 7) is 8.77. The lowest BCUT2D eigenvalue weighted by molar-refractivity contribution is -0.0510. The molecule has 2 heterocycles. The summed E-state index contributed by atoms with van der Waals surface area (Å²) in [6.07, 6.45) is 2.65. The van der Waals surface area contributed by atoms with Crippen molar-refractivity contribution in [2.75, 3.05) is 20.3 Å². The average molecular weight is 345 g/mol. The van der Waals surface area contributed by atoms with Gasteiger partial charge in [-0.3, -0.25) is 4.90 Å². The van der Waals surface area contributed by atoms with Crippen LogP contribution in [-0.2, 0) is 9.47 Å². The van der Waals surface area contributed by atoms with Gasteiger partial charge in [0.2, 0.25) is 0 Å². The van der Waals surface area contributed by atoms with E-state index in [2.05, 4.69) is 18.2 Å². The van der Waals surface area contributed by atoms with Crippen LogP contribution in [0.2, 0.25) is 0 Å². The van der Waals surface area contributed by atoms with Crippen molar-refractivity contribution in [3.63, 3.8) is 0 Å². The second-order valence-electron chi connectivity index (χ2n) is 7.73. The van der Waals surface area contributed by atoms with Gasteiger partial charge in [-0.1, -0.05) is 12.1 Å². The fraction of sp³-hybridized carbons (Fsp3) is 0.550. The molecule has 1 aromatic rings. The van der Waals surface area contributed by atoms with E-state index in [0.29, 0.717) is 13.2 Å². The zero-order valence-corrected chi connectivity index (χ0v) is 15.7. The number of rotatable bonds is 2. The Morgan fingerprint density at radius 2 is 2.04 bits per heavy atom. The van der Waals surface area contributed by atoms with E-state index in [1.165, 1.54) is 11.1 Å². The maximum absolute atomic E-state index is 12.6. The fourth-order valence-electron chi connectivity index (χ4n) is 3.49. The second-order valence-corrected chi connectivity index (χ2v) is 7.73. The largest absolute Gasteiger partial charge is 0.496 e. The van der Waals surface area contributed by atoms with Crippen LogP contribution in [0.5, 0.6) is 5.75 Å². The van der Waals surface area contributed by atoms with Crippen molar-refractivity contribution in [1.29, 1.82) is 0 Å². The summed E-state index contributed by atoms with van der Waals surface area (Å²) in [6, 6.07) is 6.15. The number of aryl methyl sites for hydroxylation is 1. The van der Waals surface area contributed by atoms with Crippen molar-refractivity contribution < 1.29 is 19.0 Å². The van der Waals surface area contributed by atoms with E-state index in [0.717, 1.165) is 17.7 Å². The third-order valence-electron chi connectivity index (χ3n) is 4.57. The van der Waals surface area contributed by atoms with Crippen molar-refractivity contribution in [3.05, 3.63) is 35.4 Å². The molecule has 0 aliphatic carbocycles. The monoisotopic (exact) mass is 345 g/mol. The molecule has 25 heavy (non-hydrogen) atoms. The molecule has 0 N–H and O–H groups in total. The number of hydrogen-bond acceptors (Lipinski definition) is 4. The molecule has 1 aromatic carbocycles. The normalized spacial score (nSPS) is 23.1. The van der Waals surface area contributed by atoms with Crippen molar-refractivity contribution >= 4 is 11.7 Å². The van der Waals surface area contributed by atoms with E-state index in [1.807, 2.05) is 38.7 Å². The van der Waals surface area contributed by atoms with Crippen LogP contribution in [0.15, 0.2) is 24.3 Å². The smallest absolute Gasteiger partial charge is 0.411 e. The van der Waals surface area contributed by atoms with Gasteiger partial charge in [0.15, 0.2) is 0 Å². The topological polar surface area (TPSA) is 48.0 Å². The molecule has 0 radical (unpaired) electrons. The van der Waals surface area contributed by atoms with Crippen LogP contribution in [0.1, 0.15) is 38.3 Å². The van der Waals surface area contributed by atoms with Crippen LogP contribution < -0.4 is 4.74 Å². The highest BCUT2D eigenvalue weighted by Gasteiger charge is 2.40. The fourth-order valence-corrected chi connectivity index (χ4v) is 3.49. The molecule has 1 fully saturated rings. The standard InChI is InChI=1S/C20H27NO4/c1-13-8-14(6-7-18(13)23-5)15-9-16-11-24-12-17(10-15)21(16)19(22)25-20(2,3)4/h6-9,16-17H,10-12H2,1-5H3. The molecule has 2 atom stereocenters. The molecule has 1 amide bonds. The van der Waals surface area contributed by atoms with Crippen molar-refractivity contribution in [2.45, 2.75) is 51.8 Å². The number of fused-ring (bicyclic) bond motifs is 2.